The lowest BCUT2D eigenvalue weighted by molar-refractivity contribution is 0.206. The summed E-state index contributed by atoms with van der Waals surface area (Å²) in [6.07, 6.45) is 5.27. The summed E-state index contributed by atoms with van der Waals surface area (Å²) in [6.45, 7) is 10.2. The fraction of sp³-hybridized carbons (Fsp3) is 0.500. The lowest BCUT2D eigenvalue weighted by Gasteiger charge is -2.17. The SMILES string of the molecule is C=CCc1ccccc1OC(C)CCCNCC. The summed E-state index contributed by atoms with van der Waals surface area (Å²) in [6, 6.07) is 8.21. The molecule has 0 aliphatic heterocycles. The van der Waals surface area contributed by atoms with Gasteiger partial charge in [-0.2, -0.15) is 0 Å². The second-order valence-corrected chi connectivity index (χ2v) is 4.52. The van der Waals surface area contributed by atoms with Gasteiger partial charge in [0.2, 0.25) is 0 Å². The van der Waals surface area contributed by atoms with Crippen LogP contribution in [-0.4, -0.2) is 19.2 Å². The molecule has 1 aromatic carbocycles. The van der Waals surface area contributed by atoms with Crippen LogP contribution in [0, 0.1) is 0 Å². The van der Waals surface area contributed by atoms with Gasteiger partial charge in [0.1, 0.15) is 5.75 Å². The van der Waals surface area contributed by atoms with Crippen molar-refractivity contribution in [3.05, 3.63) is 42.5 Å². The van der Waals surface area contributed by atoms with Gasteiger partial charge in [-0.1, -0.05) is 31.2 Å². The molecule has 1 aromatic rings. The lowest BCUT2D eigenvalue weighted by atomic mass is 10.1. The van der Waals surface area contributed by atoms with Gasteiger partial charge in [-0.15, -0.1) is 6.58 Å². The van der Waals surface area contributed by atoms with Gasteiger partial charge in [-0.05, 0) is 50.9 Å². The number of ether oxygens (including phenoxy) is 1. The molecule has 0 aliphatic rings. The molecule has 1 rings (SSSR count). The quantitative estimate of drug-likeness (QED) is 0.532. The second-order valence-electron chi connectivity index (χ2n) is 4.52. The van der Waals surface area contributed by atoms with E-state index in [9.17, 15) is 0 Å². The third kappa shape index (κ3) is 5.37. The van der Waals surface area contributed by atoms with E-state index in [1.807, 2.05) is 24.3 Å². The van der Waals surface area contributed by atoms with Crippen molar-refractivity contribution in [1.29, 1.82) is 0 Å². The number of para-hydroxylation sites is 1. The Balaban J connectivity index is 2.43. The zero-order chi connectivity index (χ0) is 13.2. The van der Waals surface area contributed by atoms with E-state index in [4.69, 9.17) is 4.74 Å². The van der Waals surface area contributed by atoms with Crippen molar-refractivity contribution in [3.63, 3.8) is 0 Å². The Morgan fingerprint density at radius 1 is 1.39 bits per heavy atom. The Morgan fingerprint density at radius 3 is 2.89 bits per heavy atom. The molecule has 0 aromatic heterocycles. The molecule has 0 amide bonds. The summed E-state index contributed by atoms with van der Waals surface area (Å²) in [5, 5.41) is 3.33. The molecule has 0 saturated heterocycles. The van der Waals surface area contributed by atoms with Crippen molar-refractivity contribution < 1.29 is 4.74 Å². The third-order valence-electron chi connectivity index (χ3n) is 2.88. The van der Waals surface area contributed by atoms with Crippen molar-refractivity contribution >= 4 is 0 Å². The molecule has 0 fully saturated rings. The molecule has 100 valence electrons. The molecular weight excluding hydrogens is 222 g/mol. The highest BCUT2D eigenvalue weighted by Gasteiger charge is 2.06. The largest absolute Gasteiger partial charge is 0.490 e. The zero-order valence-electron chi connectivity index (χ0n) is 11.6. The molecule has 0 aliphatic carbocycles. The molecular formula is C16H25NO. The van der Waals surface area contributed by atoms with Gasteiger partial charge in [0.15, 0.2) is 0 Å². The van der Waals surface area contributed by atoms with E-state index < -0.39 is 0 Å². The average molecular weight is 247 g/mol. The Labute approximate surface area is 111 Å². The molecule has 1 atom stereocenters. The van der Waals surface area contributed by atoms with Crippen LogP contribution >= 0.6 is 0 Å². The van der Waals surface area contributed by atoms with Gasteiger partial charge in [0, 0.05) is 0 Å². The van der Waals surface area contributed by atoms with E-state index >= 15 is 0 Å². The van der Waals surface area contributed by atoms with Crippen LogP contribution in [0.5, 0.6) is 5.75 Å². The van der Waals surface area contributed by atoms with Crippen molar-refractivity contribution in [2.45, 2.75) is 39.2 Å². The van der Waals surface area contributed by atoms with Gasteiger partial charge >= 0.3 is 0 Å². The van der Waals surface area contributed by atoms with Gasteiger partial charge < -0.3 is 10.1 Å². The van der Waals surface area contributed by atoms with Crippen LogP contribution in [0.25, 0.3) is 0 Å². The summed E-state index contributed by atoms with van der Waals surface area (Å²) in [4.78, 5) is 0. The van der Waals surface area contributed by atoms with Crippen molar-refractivity contribution in [2.24, 2.45) is 0 Å². The van der Waals surface area contributed by atoms with Crippen LogP contribution in [0.1, 0.15) is 32.3 Å². The minimum Gasteiger partial charge on any atom is -0.490 e. The maximum absolute atomic E-state index is 6.00. The summed E-state index contributed by atoms with van der Waals surface area (Å²) in [7, 11) is 0. The van der Waals surface area contributed by atoms with Crippen molar-refractivity contribution in [2.75, 3.05) is 13.1 Å². The number of rotatable bonds is 9. The van der Waals surface area contributed by atoms with Gasteiger partial charge in [0.25, 0.3) is 0 Å². The van der Waals surface area contributed by atoms with Crippen LogP contribution in [0.2, 0.25) is 0 Å². The van der Waals surface area contributed by atoms with Crippen LogP contribution < -0.4 is 10.1 Å². The second kappa shape index (κ2) is 8.76. The highest BCUT2D eigenvalue weighted by molar-refractivity contribution is 5.34. The van der Waals surface area contributed by atoms with Crippen LogP contribution in [0.3, 0.4) is 0 Å². The van der Waals surface area contributed by atoms with E-state index in [1.165, 1.54) is 5.56 Å². The van der Waals surface area contributed by atoms with E-state index in [2.05, 4.69) is 31.8 Å². The Kier molecular flexibility index (Phi) is 7.19. The Morgan fingerprint density at radius 2 is 2.17 bits per heavy atom. The molecule has 1 unspecified atom stereocenters. The summed E-state index contributed by atoms with van der Waals surface area (Å²) in [5.41, 5.74) is 1.21. The number of nitrogens with one attached hydrogen (secondary N) is 1. The lowest BCUT2D eigenvalue weighted by Crippen LogP contribution is -2.18. The number of benzene rings is 1. The van der Waals surface area contributed by atoms with Crippen molar-refractivity contribution in [3.8, 4) is 5.75 Å². The first-order valence-corrected chi connectivity index (χ1v) is 6.84. The molecule has 0 radical (unpaired) electrons. The highest BCUT2D eigenvalue weighted by Crippen LogP contribution is 2.21. The van der Waals surface area contributed by atoms with E-state index in [0.717, 1.165) is 38.1 Å². The number of hydrogen-bond acceptors (Lipinski definition) is 2. The molecule has 2 nitrogen and oxygen atoms in total. The molecule has 0 spiro atoms. The molecule has 18 heavy (non-hydrogen) atoms. The fourth-order valence-corrected chi connectivity index (χ4v) is 1.91. The van der Waals surface area contributed by atoms with Crippen molar-refractivity contribution in [1.82, 2.24) is 5.32 Å². The first kappa shape index (κ1) is 14.8. The summed E-state index contributed by atoms with van der Waals surface area (Å²) in [5.74, 6) is 0.994. The van der Waals surface area contributed by atoms with E-state index in [1.54, 1.807) is 0 Å². The topological polar surface area (TPSA) is 21.3 Å². The van der Waals surface area contributed by atoms with Gasteiger partial charge in [-0.3, -0.25) is 0 Å². The van der Waals surface area contributed by atoms with E-state index in [0.29, 0.717) is 0 Å². The fourth-order valence-electron chi connectivity index (χ4n) is 1.91. The first-order chi connectivity index (χ1) is 8.77. The number of hydrogen-bond donors (Lipinski definition) is 1. The molecule has 0 saturated carbocycles. The first-order valence-electron chi connectivity index (χ1n) is 6.84. The molecule has 0 heterocycles. The maximum Gasteiger partial charge on any atom is 0.123 e. The predicted molar refractivity (Wildman–Crippen MR) is 78.2 cm³/mol. The predicted octanol–water partition coefficient (Wildman–Crippen LogP) is 3.57. The summed E-state index contributed by atoms with van der Waals surface area (Å²) < 4.78 is 6.00. The normalized spacial score (nSPS) is 12.1. The molecule has 0 bridgehead atoms. The van der Waals surface area contributed by atoms with Gasteiger partial charge in [0.05, 0.1) is 6.10 Å². The minimum absolute atomic E-state index is 0.259. The smallest absolute Gasteiger partial charge is 0.123 e. The van der Waals surface area contributed by atoms with Crippen LogP contribution in [-0.2, 0) is 6.42 Å². The van der Waals surface area contributed by atoms with Crippen LogP contribution in [0.4, 0.5) is 0 Å². The van der Waals surface area contributed by atoms with Gasteiger partial charge in [-0.25, -0.2) is 0 Å². The minimum atomic E-state index is 0.259. The standard InChI is InChI=1S/C16H25NO/c1-4-9-15-11-6-7-12-16(15)18-14(3)10-8-13-17-5-2/h4,6-7,11-12,14,17H,1,5,8-10,13H2,2-3H3. The Bertz CT molecular complexity index is 349. The Hall–Kier alpha value is -1.28. The maximum atomic E-state index is 6.00. The third-order valence-corrected chi connectivity index (χ3v) is 2.88. The van der Waals surface area contributed by atoms with E-state index in [-0.39, 0.29) is 6.10 Å². The molecule has 2 heteroatoms. The monoisotopic (exact) mass is 247 g/mol. The average Bonchev–Trinajstić information content (AvgIpc) is 2.37. The number of allylic oxidation sites excluding steroid dienone is 1. The summed E-state index contributed by atoms with van der Waals surface area (Å²) >= 11 is 0. The zero-order valence-corrected chi connectivity index (χ0v) is 11.6. The molecule has 1 N–H and O–H groups in total. The van der Waals surface area contributed by atoms with Crippen LogP contribution in [0.15, 0.2) is 36.9 Å². The highest BCUT2D eigenvalue weighted by atomic mass is 16.5.